The van der Waals surface area contributed by atoms with Crippen molar-refractivity contribution in [3.05, 3.63) is 69.9 Å². The Hall–Kier alpha value is -2.40. The first kappa shape index (κ1) is 15.5. The Morgan fingerprint density at radius 3 is 2.70 bits per heavy atom. The SMILES string of the molecule is Cc1ccc(N=C2NC(=O)/C(=C/c3ccccc3F)S2)c(C)c1. The van der Waals surface area contributed by atoms with Crippen LogP contribution in [0.2, 0.25) is 0 Å². The Morgan fingerprint density at radius 2 is 1.96 bits per heavy atom. The summed E-state index contributed by atoms with van der Waals surface area (Å²) in [6, 6.07) is 12.3. The average Bonchev–Trinajstić information content (AvgIpc) is 2.84. The second-order valence-corrected chi connectivity index (χ2v) is 6.32. The zero-order chi connectivity index (χ0) is 16.4. The Labute approximate surface area is 138 Å². The van der Waals surface area contributed by atoms with E-state index < -0.39 is 0 Å². The van der Waals surface area contributed by atoms with Crippen molar-refractivity contribution in [1.29, 1.82) is 0 Å². The van der Waals surface area contributed by atoms with E-state index >= 15 is 0 Å². The minimum Gasteiger partial charge on any atom is -0.300 e. The number of carbonyl (C=O) groups excluding carboxylic acids is 1. The molecule has 23 heavy (non-hydrogen) atoms. The van der Waals surface area contributed by atoms with Gasteiger partial charge in [-0.25, -0.2) is 9.38 Å². The quantitative estimate of drug-likeness (QED) is 0.834. The van der Waals surface area contributed by atoms with Gasteiger partial charge >= 0.3 is 0 Å². The van der Waals surface area contributed by atoms with Crippen LogP contribution in [0.3, 0.4) is 0 Å². The van der Waals surface area contributed by atoms with E-state index in [9.17, 15) is 9.18 Å². The lowest BCUT2D eigenvalue weighted by atomic mass is 10.1. The third-order valence-electron chi connectivity index (χ3n) is 3.42. The van der Waals surface area contributed by atoms with Crippen LogP contribution in [0.25, 0.3) is 6.08 Å². The third kappa shape index (κ3) is 3.51. The molecule has 0 unspecified atom stereocenters. The molecule has 3 nitrogen and oxygen atoms in total. The number of nitrogens with one attached hydrogen (secondary N) is 1. The van der Waals surface area contributed by atoms with Crippen LogP contribution in [0.5, 0.6) is 0 Å². The van der Waals surface area contributed by atoms with Crippen molar-refractivity contribution in [3.63, 3.8) is 0 Å². The Balaban J connectivity index is 1.88. The first-order valence-electron chi connectivity index (χ1n) is 7.14. The normalized spacial score (nSPS) is 17.8. The molecule has 1 heterocycles. The molecule has 0 aromatic heterocycles. The standard InChI is InChI=1S/C18H15FN2OS/c1-11-7-8-15(12(2)9-11)20-18-21-17(22)16(23-18)10-13-5-3-4-6-14(13)19/h3-10H,1-2H3,(H,20,21,22)/b16-10-. The number of nitrogens with zero attached hydrogens (tertiary/aromatic N) is 1. The fourth-order valence-corrected chi connectivity index (χ4v) is 3.08. The summed E-state index contributed by atoms with van der Waals surface area (Å²) >= 11 is 1.21. The van der Waals surface area contributed by atoms with Crippen LogP contribution in [0.1, 0.15) is 16.7 Å². The molecule has 1 saturated heterocycles. The summed E-state index contributed by atoms with van der Waals surface area (Å²) in [4.78, 5) is 16.9. The summed E-state index contributed by atoms with van der Waals surface area (Å²) in [5.41, 5.74) is 3.40. The van der Waals surface area contributed by atoms with Crippen LogP contribution in [0, 0.1) is 19.7 Å². The predicted octanol–water partition coefficient (Wildman–Crippen LogP) is 4.33. The highest BCUT2D eigenvalue weighted by Crippen LogP contribution is 2.29. The molecule has 0 spiro atoms. The largest absolute Gasteiger partial charge is 0.300 e. The van der Waals surface area contributed by atoms with Gasteiger partial charge in [-0.05, 0) is 49.4 Å². The van der Waals surface area contributed by atoms with Crippen LogP contribution < -0.4 is 5.32 Å². The molecule has 2 aromatic rings. The molecule has 0 atom stereocenters. The number of carbonyl (C=O) groups is 1. The number of amidine groups is 1. The molecule has 3 rings (SSSR count). The van der Waals surface area contributed by atoms with E-state index in [-0.39, 0.29) is 11.7 Å². The molecule has 1 aliphatic rings. The average molecular weight is 326 g/mol. The summed E-state index contributed by atoms with van der Waals surface area (Å²) in [6.45, 7) is 4.00. The van der Waals surface area contributed by atoms with Gasteiger partial charge in [0.25, 0.3) is 5.91 Å². The van der Waals surface area contributed by atoms with E-state index in [1.807, 2.05) is 32.0 Å². The molecule has 0 radical (unpaired) electrons. The first-order valence-corrected chi connectivity index (χ1v) is 7.96. The van der Waals surface area contributed by atoms with E-state index in [0.717, 1.165) is 16.8 Å². The lowest BCUT2D eigenvalue weighted by Crippen LogP contribution is -2.19. The minimum atomic E-state index is -0.354. The van der Waals surface area contributed by atoms with E-state index in [4.69, 9.17) is 0 Å². The minimum absolute atomic E-state index is 0.262. The number of halogens is 1. The van der Waals surface area contributed by atoms with Gasteiger partial charge in [0.05, 0.1) is 10.6 Å². The fraction of sp³-hybridized carbons (Fsp3) is 0.111. The molecular formula is C18H15FN2OS. The van der Waals surface area contributed by atoms with Crippen molar-refractivity contribution in [2.45, 2.75) is 13.8 Å². The van der Waals surface area contributed by atoms with Gasteiger partial charge in [-0.3, -0.25) is 4.79 Å². The number of hydrogen-bond acceptors (Lipinski definition) is 3. The van der Waals surface area contributed by atoms with Gasteiger partial charge < -0.3 is 5.32 Å². The van der Waals surface area contributed by atoms with Crippen LogP contribution >= 0.6 is 11.8 Å². The zero-order valence-electron chi connectivity index (χ0n) is 12.8. The van der Waals surface area contributed by atoms with E-state index in [0.29, 0.717) is 15.6 Å². The molecule has 1 aliphatic heterocycles. The van der Waals surface area contributed by atoms with Gasteiger partial charge in [0.15, 0.2) is 5.17 Å². The van der Waals surface area contributed by atoms with Crippen molar-refractivity contribution >= 4 is 34.6 Å². The van der Waals surface area contributed by atoms with Crippen molar-refractivity contribution in [3.8, 4) is 0 Å². The number of rotatable bonds is 2. The lowest BCUT2D eigenvalue weighted by molar-refractivity contribution is -0.115. The number of aryl methyl sites for hydroxylation is 2. The number of hydrogen-bond donors (Lipinski definition) is 1. The molecule has 116 valence electrons. The third-order valence-corrected chi connectivity index (χ3v) is 4.33. The van der Waals surface area contributed by atoms with Crippen molar-refractivity contribution in [1.82, 2.24) is 5.32 Å². The Bertz CT molecular complexity index is 843. The fourth-order valence-electron chi connectivity index (χ4n) is 2.25. The number of thioether (sulfide) groups is 1. The van der Waals surface area contributed by atoms with E-state index in [2.05, 4.69) is 10.3 Å². The molecule has 2 aromatic carbocycles. The Kier molecular flexibility index (Phi) is 4.30. The van der Waals surface area contributed by atoms with Crippen molar-refractivity contribution < 1.29 is 9.18 Å². The molecule has 1 fully saturated rings. The van der Waals surface area contributed by atoms with E-state index in [1.165, 1.54) is 17.8 Å². The van der Waals surface area contributed by atoms with Gasteiger partial charge in [0.2, 0.25) is 0 Å². The van der Waals surface area contributed by atoms with Crippen molar-refractivity contribution in [2.75, 3.05) is 0 Å². The second kappa shape index (κ2) is 6.38. The van der Waals surface area contributed by atoms with Gasteiger partial charge in [0.1, 0.15) is 5.82 Å². The highest BCUT2D eigenvalue weighted by Gasteiger charge is 2.24. The second-order valence-electron chi connectivity index (χ2n) is 5.29. The number of aliphatic imine (C=N–C) groups is 1. The van der Waals surface area contributed by atoms with Crippen LogP contribution in [-0.4, -0.2) is 11.1 Å². The Morgan fingerprint density at radius 1 is 1.17 bits per heavy atom. The topological polar surface area (TPSA) is 41.5 Å². The smallest absolute Gasteiger partial charge is 0.264 e. The van der Waals surface area contributed by atoms with Gasteiger partial charge in [-0.15, -0.1) is 0 Å². The molecule has 5 heteroatoms. The highest BCUT2D eigenvalue weighted by atomic mass is 32.2. The maximum atomic E-state index is 13.7. The molecule has 0 saturated carbocycles. The molecule has 0 bridgehead atoms. The van der Waals surface area contributed by atoms with Gasteiger partial charge in [-0.1, -0.05) is 35.9 Å². The molecular weight excluding hydrogens is 311 g/mol. The zero-order valence-corrected chi connectivity index (χ0v) is 13.6. The maximum Gasteiger partial charge on any atom is 0.264 e. The van der Waals surface area contributed by atoms with Crippen molar-refractivity contribution in [2.24, 2.45) is 4.99 Å². The summed E-state index contributed by atoms with van der Waals surface area (Å²) in [5, 5.41) is 3.22. The molecule has 0 aliphatic carbocycles. The summed E-state index contributed by atoms with van der Waals surface area (Å²) < 4.78 is 13.7. The maximum absolute atomic E-state index is 13.7. The van der Waals surface area contributed by atoms with E-state index in [1.54, 1.807) is 24.3 Å². The first-order chi connectivity index (χ1) is 11.0. The summed E-state index contributed by atoms with van der Waals surface area (Å²) in [5.74, 6) is -0.616. The number of benzene rings is 2. The van der Waals surface area contributed by atoms with Gasteiger partial charge in [-0.2, -0.15) is 0 Å². The van der Waals surface area contributed by atoms with Crippen LogP contribution in [0.4, 0.5) is 10.1 Å². The lowest BCUT2D eigenvalue weighted by Gasteiger charge is -2.02. The molecule has 1 amide bonds. The van der Waals surface area contributed by atoms with Crippen LogP contribution in [0.15, 0.2) is 52.4 Å². The summed E-state index contributed by atoms with van der Waals surface area (Å²) in [7, 11) is 0. The summed E-state index contributed by atoms with van der Waals surface area (Å²) in [6.07, 6.45) is 1.54. The number of amides is 1. The highest BCUT2D eigenvalue weighted by molar-refractivity contribution is 8.18. The van der Waals surface area contributed by atoms with Crippen LogP contribution in [-0.2, 0) is 4.79 Å². The predicted molar refractivity (Wildman–Crippen MR) is 93.1 cm³/mol. The monoisotopic (exact) mass is 326 g/mol. The van der Waals surface area contributed by atoms with Gasteiger partial charge in [0, 0.05) is 5.56 Å². The molecule has 1 N–H and O–H groups in total.